The second-order valence-electron chi connectivity index (χ2n) is 11.6. The predicted molar refractivity (Wildman–Crippen MR) is 149 cm³/mol. The molecule has 0 aromatic heterocycles. The first-order valence-electron chi connectivity index (χ1n) is 13.4. The van der Waals surface area contributed by atoms with E-state index in [1.807, 2.05) is 68.7 Å². The molecule has 198 valence electrons. The molecule has 2 aromatic carbocycles. The number of epoxide rings is 1. The molecule has 5 unspecified atom stereocenters. The number of ether oxygens (including phenoxy) is 2. The molecule has 5 atom stereocenters. The van der Waals surface area contributed by atoms with Gasteiger partial charge < -0.3 is 19.5 Å². The summed E-state index contributed by atoms with van der Waals surface area (Å²) in [5, 5.41) is 11.0. The molecule has 5 rings (SSSR count). The zero-order chi connectivity index (χ0) is 26.3. The molecule has 37 heavy (non-hydrogen) atoms. The van der Waals surface area contributed by atoms with Gasteiger partial charge in [0.25, 0.3) is 5.91 Å². The van der Waals surface area contributed by atoms with Crippen LogP contribution in [-0.4, -0.2) is 64.8 Å². The van der Waals surface area contributed by atoms with E-state index in [4.69, 9.17) is 9.47 Å². The Kier molecular flexibility index (Phi) is 7.31. The first kappa shape index (κ1) is 26.5. The molecule has 2 aromatic rings. The van der Waals surface area contributed by atoms with E-state index in [1.165, 1.54) is 10.5 Å². The molecule has 2 aliphatic heterocycles. The SMILES string of the molecule is CN(C(=O)C12OC1CC(O)CC2(c1ccccc1)C1CC=C(SCCc2ccccc2)CO1)C(C)(C)C. The van der Waals surface area contributed by atoms with Gasteiger partial charge in [-0.3, -0.25) is 4.79 Å². The molecule has 6 heteroatoms. The second kappa shape index (κ2) is 10.2. The highest BCUT2D eigenvalue weighted by Crippen LogP contribution is 2.63. The van der Waals surface area contributed by atoms with Crippen molar-refractivity contribution < 1.29 is 19.4 Å². The number of rotatable bonds is 7. The van der Waals surface area contributed by atoms with Crippen molar-refractivity contribution in [1.82, 2.24) is 4.90 Å². The Hall–Kier alpha value is -2.12. The van der Waals surface area contributed by atoms with Crippen LogP contribution >= 0.6 is 11.8 Å². The van der Waals surface area contributed by atoms with Gasteiger partial charge in [0.15, 0.2) is 5.60 Å². The summed E-state index contributed by atoms with van der Waals surface area (Å²) < 4.78 is 13.0. The zero-order valence-corrected chi connectivity index (χ0v) is 23.2. The van der Waals surface area contributed by atoms with Crippen LogP contribution in [-0.2, 0) is 26.1 Å². The topological polar surface area (TPSA) is 62.3 Å². The number of carbonyl (C=O) groups is 1. The number of amides is 1. The fraction of sp³-hybridized carbons (Fsp3) is 0.516. The molecule has 2 fully saturated rings. The molecular weight excluding hydrogens is 482 g/mol. The maximum Gasteiger partial charge on any atom is 0.258 e. The molecule has 0 spiro atoms. The number of benzene rings is 2. The van der Waals surface area contributed by atoms with Gasteiger partial charge in [0.05, 0.1) is 24.2 Å². The highest BCUT2D eigenvalue weighted by molar-refractivity contribution is 8.03. The Morgan fingerprint density at radius 3 is 2.38 bits per heavy atom. The lowest BCUT2D eigenvalue weighted by Crippen LogP contribution is -2.65. The summed E-state index contributed by atoms with van der Waals surface area (Å²) in [5.41, 5.74) is 0.183. The van der Waals surface area contributed by atoms with Gasteiger partial charge in [0, 0.05) is 29.7 Å². The number of hydrogen-bond donors (Lipinski definition) is 1. The van der Waals surface area contributed by atoms with Crippen molar-refractivity contribution in [3.8, 4) is 0 Å². The first-order valence-corrected chi connectivity index (χ1v) is 14.3. The number of likely N-dealkylation sites (N-methyl/N-ethyl adjacent to an activating group) is 1. The summed E-state index contributed by atoms with van der Waals surface area (Å²) in [7, 11) is 1.86. The molecule has 0 bridgehead atoms. The van der Waals surface area contributed by atoms with Gasteiger partial charge in [0.2, 0.25) is 0 Å². The van der Waals surface area contributed by atoms with Crippen molar-refractivity contribution >= 4 is 17.7 Å². The molecule has 5 nitrogen and oxygen atoms in total. The Balaban J connectivity index is 1.44. The number of aryl methyl sites for hydroxylation is 1. The summed E-state index contributed by atoms with van der Waals surface area (Å²) in [4.78, 5) is 17.3. The highest BCUT2D eigenvalue weighted by atomic mass is 32.2. The van der Waals surface area contributed by atoms with Crippen molar-refractivity contribution in [2.45, 2.75) is 81.3 Å². The zero-order valence-electron chi connectivity index (χ0n) is 22.4. The quantitative estimate of drug-likeness (QED) is 0.513. The van der Waals surface area contributed by atoms with Crippen LogP contribution in [0.2, 0.25) is 0 Å². The van der Waals surface area contributed by atoms with Crippen LogP contribution in [0.1, 0.15) is 51.2 Å². The van der Waals surface area contributed by atoms with Crippen LogP contribution < -0.4 is 0 Å². The van der Waals surface area contributed by atoms with Crippen LogP contribution in [0.25, 0.3) is 0 Å². The van der Waals surface area contributed by atoms with Gasteiger partial charge in [-0.25, -0.2) is 0 Å². The van der Waals surface area contributed by atoms with E-state index in [0.717, 1.165) is 17.7 Å². The van der Waals surface area contributed by atoms with Crippen LogP contribution in [0.15, 0.2) is 71.6 Å². The van der Waals surface area contributed by atoms with Crippen LogP contribution in [0.3, 0.4) is 0 Å². The maximum absolute atomic E-state index is 14.2. The van der Waals surface area contributed by atoms with Crippen molar-refractivity contribution in [2.75, 3.05) is 19.4 Å². The van der Waals surface area contributed by atoms with E-state index in [9.17, 15) is 9.90 Å². The number of fused-ring (bicyclic) bond motifs is 1. The molecule has 2 heterocycles. The van der Waals surface area contributed by atoms with Crippen LogP contribution in [0.4, 0.5) is 0 Å². The third-order valence-corrected chi connectivity index (χ3v) is 9.47. The Morgan fingerprint density at radius 1 is 1.08 bits per heavy atom. The van der Waals surface area contributed by atoms with Gasteiger partial charge in [-0.2, -0.15) is 0 Å². The molecule has 1 N–H and O–H groups in total. The molecular formula is C31H39NO4S. The monoisotopic (exact) mass is 521 g/mol. The summed E-state index contributed by atoms with van der Waals surface area (Å²) in [6.07, 6.45) is 3.74. The van der Waals surface area contributed by atoms with E-state index in [0.29, 0.717) is 25.9 Å². The maximum atomic E-state index is 14.2. The average Bonchev–Trinajstić information content (AvgIpc) is 3.64. The molecule has 3 aliphatic rings. The minimum Gasteiger partial charge on any atom is -0.393 e. The Morgan fingerprint density at radius 2 is 1.76 bits per heavy atom. The van der Waals surface area contributed by atoms with Gasteiger partial charge in [-0.15, -0.1) is 11.8 Å². The van der Waals surface area contributed by atoms with Gasteiger partial charge in [0.1, 0.15) is 6.10 Å². The van der Waals surface area contributed by atoms with Crippen LogP contribution in [0, 0.1) is 0 Å². The van der Waals surface area contributed by atoms with E-state index in [2.05, 4.69) is 42.5 Å². The van der Waals surface area contributed by atoms with E-state index in [1.54, 1.807) is 0 Å². The Bertz CT molecular complexity index is 1130. The lowest BCUT2D eigenvalue weighted by molar-refractivity contribution is -0.150. The largest absolute Gasteiger partial charge is 0.393 e. The van der Waals surface area contributed by atoms with Crippen molar-refractivity contribution in [3.63, 3.8) is 0 Å². The molecule has 1 saturated heterocycles. The molecule has 1 aliphatic carbocycles. The third-order valence-electron chi connectivity index (χ3n) is 8.41. The normalized spacial score (nSPS) is 31.3. The smallest absolute Gasteiger partial charge is 0.258 e. The average molecular weight is 522 g/mol. The number of carbonyl (C=O) groups excluding carboxylic acids is 1. The van der Waals surface area contributed by atoms with E-state index >= 15 is 0 Å². The molecule has 0 radical (unpaired) electrons. The van der Waals surface area contributed by atoms with E-state index in [-0.39, 0.29) is 23.7 Å². The number of thioether (sulfide) groups is 1. The molecule has 1 amide bonds. The van der Waals surface area contributed by atoms with E-state index < -0.39 is 17.1 Å². The van der Waals surface area contributed by atoms with Crippen molar-refractivity contribution in [2.24, 2.45) is 0 Å². The number of nitrogens with zero attached hydrogens (tertiary/aromatic N) is 1. The second-order valence-corrected chi connectivity index (χ2v) is 12.8. The first-order chi connectivity index (χ1) is 17.7. The highest BCUT2D eigenvalue weighted by Gasteiger charge is 2.79. The standard InChI is InChI=1S/C31H39NO4S/c1-29(2,3)32(4)28(34)31-27(36-31)19-24(33)20-30(31,23-13-9-6-10-14-23)26-16-15-25(21-35-26)37-18-17-22-11-7-5-8-12-22/h5-15,24,26-27,33H,16-21H2,1-4H3. The predicted octanol–water partition coefficient (Wildman–Crippen LogP) is 5.12. The van der Waals surface area contributed by atoms with Gasteiger partial charge in [-0.1, -0.05) is 66.7 Å². The lowest BCUT2D eigenvalue weighted by Gasteiger charge is -2.50. The fourth-order valence-electron chi connectivity index (χ4n) is 6.14. The number of aliphatic hydroxyl groups is 1. The van der Waals surface area contributed by atoms with Crippen molar-refractivity contribution in [1.29, 1.82) is 0 Å². The fourth-order valence-corrected chi connectivity index (χ4v) is 7.11. The third kappa shape index (κ3) is 4.78. The van der Waals surface area contributed by atoms with Gasteiger partial charge in [-0.05, 0) is 51.2 Å². The van der Waals surface area contributed by atoms with Gasteiger partial charge >= 0.3 is 0 Å². The van der Waals surface area contributed by atoms with Crippen LogP contribution in [0.5, 0.6) is 0 Å². The minimum atomic E-state index is -1.04. The number of hydrogen-bond acceptors (Lipinski definition) is 5. The summed E-state index contributed by atoms with van der Waals surface area (Å²) >= 11 is 1.84. The Labute approximate surface area is 225 Å². The summed E-state index contributed by atoms with van der Waals surface area (Å²) in [6, 6.07) is 20.7. The minimum absolute atomic E-state index is 0.0173. The molecule has 1 saturated carbocycles. The summed E-state index contributed by atoms with van der Waals surface area (Å²) in [5.74, 6) is 0.979. The summed E-state index contributed by atoms with van der Waals surface area (Å²) in [6.45, 7) is 6.64. The van der Waals surface area contributed by atoms with Crippen molar-refractivity contribution in [3.05, 3.63) is 82.8 Å². The number of aliphatic hydroxyl groups excluding tert-OH is 1. The lowest BCUT2D eigenvalue weighted by atomic mass is 9.57.